The van der Waals surface area contributed by atoms with Gasteiger partial charge in [-0.1, -0.05) is 11.2 Å². The molecule has 1 amide bonds. The first-order valence-corrected chi connectivity index (χ1v) is 6.30. The zero-order valence-corrected chi connectivity index (χ0v) is 11.9. The van der Waals surface area contributed by atoms with Gasteiger partial charge in [-0.25, -0.2) is 4.63 Å². The van der Waals surface area contributed by atoms with E-state index in [9.17, 15) is 4.79 Å². The molecule has 1 aromatic carbocycles. The lowest BCUT2D eigenvalue weighted by Crippen LogP contribution is -2.30. The van der Waals surface area contributed by atoms with Crippen LogP contribution in [-0.2, 0) is 4.79 Å². The van der Waals surface area contributed by atoms with Crippen LogP contribution in [0, 0.1) is 20.8 Å². The van der Waals surface area contributed by atoms with Gasteiger partial charge in [-0.3, -0.25) is 4.79 Å². The molecule has 0 aliphatic carbocycles. The van der Waals surface area contributed by atoms with Crippen molar-refractivity contribution in [1.29, 1.82) is 0 Å². The van der Waals surface area contributed by atoms with Crippen LogP contribution in [0.15, 0.2) is 22.8 Å². The number of ether oxygens (including phenoxy) is 1. The molecule has 20 heavy (non-hydrogen) atoms. The number of hydrogen-bond donors (Lipinski definition) is 1. The summed E-state index contributed by atoms with van der Waals surface area (Å²) in [4.78, 5) is 12.0. The molecule has 0 saturated heterocycles. The molecule has 0 radical (unpaired) electrons. The summed E-state index contributed by atoms with van der Waals surface area (Å²) < 4.78 is 10.2. The van der Waals surface area contributed by atoms with Crippen molar-refractivity contribution in [2.24, 2.45) is 0 Å². The van der Waals surface area contributed by atoms with E-state index < -0.39 is 6.10 Å². The van der Waals surface area contributed by atoms with Crippen molar-refractivity contribution in [1.82, 2.24) is 10.3 Å². The maximum Gasteiger partial charge on any atom is 0.266 e. The molecule has 1 atom stereocenters. The van der Waals surface area contributed by atoms with Gasteiger partial charge in [0.2, 0.25) is 0 Å². The third-order valence-corrected chi connectivity index (χ3v) is 2.77. The van der Waals surface area contributed by atoms with Crippen LogP contribution in [0.4, 0.5) is 5.82 Å². The Hall–Kier alpha value is -2.37. The second kappa shape index (κ2) is 5.73. The van der Waals surface area contributed by atoms with Gasteiger partial charge < -0.3 is 10.1 Å². The summed E-state index contributed by atoms with van der Waals surface area (Å²) in [6, 6.07) is 5.82. The zero-order valence-electron chi connectivity index (χ0n) is 11.9. The SMILES string of the molecule is Cc1cc(C)cc(O[C@H](C)C(=O)Nc2nonc2C)c1. The Morgan fingerprint density at radius 3 is 2.40 bits per heavy atom. The predicted octanol–water partition coefficient (Wildman–Crippen LogP) is 2.40. The number of nitrogens with zero attached hydrogens (tertiary/aromatic N) is 2. The van der Waals surface area contributed by atoms with Gasteiger partial charge in [0.15, 0.2) is 11.9 Å². The van der Waals surface area contributed by atoms with Gasteiger partial charge >= 0.3 is 0 Å². The summed E-state index contributed by atoms with van der Waals surface area (Å²) in [5, 5.41) is 9.80. The molecule has 2 aromatic rings. The van der Waals surface area contributed by atoms with Gasteiger partial charge in [0, 0.05) is 0 Å². The molecular weight excluding hydrogens is 258 g/mol. The first-order chi connectivity index (χ1) is 9.45. The fourth-order valence-electron chi connectivity index (χ4n) is 1.82. The van der Waals surface area contributed by atoms with Crippen molar-refractivity contribution < 1.29 is 14.2 Å². The number of carbonyl (C=O) groups excluding carboxylic acids is 1. The standard InChI is InChI=1S/C14H17N3O3/c1-8-5-9(2)7-12(6-8)19-11(4)14(18)15-13-10(3)16-20-17-13/h5-7,11H,1-4H3,(H,15,17,18)/t11-/m1/s1. The molecule has 0 aliphatic rings. The van der Waals surface area contributed by atoms with Crippen LogP contribution in [-0.4, -0.2) is 22.3 Å². The minimum Gasteiger partial charge on any atom is -0.481 e. The lowest BCUT2D eigenvalue weighted by molar-refractivity contribution is -0.122. The second-order valence-corrected chi connectivity index (χ2v) is 4.77. The van der Waals surface area contributed by atoms with Crippen molar-refractivity contribution in [3.05, 3.63) is 35.0 Å². The lowest BCUT2D eigenvalue weighted by Gasteiger charge is -2.14. The maximum absolute atomic E-state index is 12.0. The van der Waals surface area contributed by atoms with Crippen LogP contribution in [0.2, 0.25) is 0 Å². The maximum atomic E-state index is 12.0. The fourth-order valence-corrected chi connectivity index (χ4v) is 1.82. The van der Waals surface area contributed by atoms with E-state index in [1.807, 2.05) is 32.0 Å². The number of hydrogen-bond acceptors (Lipinski definition) is 5. The van der Waals surface area contributed by atoms with E-state index >= 15 is 0 Å². The molecule has 0 spiro atoms. The average molecular weight is 275 g/mol. The highest BCUT2D eigenvalue weighted by molar-refractivity contribution is 5.93. The molecular formula is C14H17N3O3. The smallest absolute Gasteiger partial charge is 0.266 e. The number of carbonyl (C=O) groups is 1. The van der Waals surface area contributed by atoms with Crippen molar-refractivity contribution in [3.8, 4) is 5.75 Å². The molecule has 0 bridgehead atoms. The molecule has 1 aromatic heterocycles. The third-order valence-electron chi connectivity index (χ3n) is 2.77. The quantitative estimate of drug-likeness (QED) is 0.927. The summed E-state index contributed by atoms with van der Waals surface area (Å²) >= 11 is 0. The molecule has 2 rings (SSSR count). The Balaban J connectivity index is 2.02. The molecule has 0 saturated carbocycles. The van der Waals surface area contributed by atoms with Crippen LogP contribution < -0.4 is 10.1 Å². The van der Waals surface area contributed by atoms with Crippen molar-refractivity contribution >= 4 is 11.7 Å². The number of benzene rings is 1. The topological polar surface area (TPSA) is 77.2 Å². The van der Waals surface area contributed by atoms with E-state index in [1.165, 1.54) is 0 Å². The third kappa shape index (κ3) is 3.34. The zero-order chi connectivity index (χ0) is 14.7. The number of nitrogens with one attached hydrogen (secondary N) is 1. The fraction of sp³-hybridized carbons (Fsp3) is 0.357. The monoisotopic (exact) mass is 275 g/mol. The largest absolute Gasteiger partial charge is 0.481 e. The summed E-state index contributed by atoms with van der Waals surface area (Å²) in [5.41, 5.74) is 2.70. The number of anilines is 1. The van der Waals surface area contributed by atoms with E-state index in [4.69, 9.17) is 4.74 Å². The predicted molar refractivity (Wildman–Crippen MR) is 73.7 cm³/mol. The lowest BCUT2D eigenvalue weighted by atomic mass is 10.1. The summed E-state index contributed by atoms with van der Waals surface area (Å²) in [7, 11) is 0. The highest BCUT2D eigenvalue weighted by atomic mass is 16.6. The first kappa shape index (κ1) is 14.0. The Kier molecular flexibility index (Phi) is 4.02. The molecule has 106 valence electrons. The molecule has 6 nitrogen and oxygen atoms in total. The summed E-state index contributed by atoms with van der Waals surface area (Å²) in [5.74, 6) is 0.675. The van der Waals surface area contributed by atoms with Gasteiger partial charge in [-0.05, 0) is 56.1 Å². The number of aryl methyl sites for hydroxylation is 3. The Morgan fingerprint density at radius 2 is 1.85 bits per heavy atom. The highest BCUT2D eigenvalue weighted by Gasteiger charge is 2.18. The van der Waals surface area contributed by atoms with E-state index in [0.717, 1.165) is 11.1 Å². The molecule has 1 N–H and O–H groups in total. The van der Waals surface area contributed by atoms with Crippen LogP contribution in [0.1, 0.15) is 23.7 Å². The summed E-state index contributed by atoms with van der Waals surface area (Å²) in [6.45, 7) is 7.33. The number of amides is 1. The van der Waals surface area contributed by atoms with Crippen molar-refractivity contribution in [2.75, 3.05) is 5.32 Å². The Morgan fingerprint density at radius 1 is 1.20 bits per heavy atom. The summed E-state index contributed by atoms with van der Waals surface area (Å²) in [6.07, 6.45) is -0.646. The van der Waals surface area contributed by atoms with Crippen LogP contribution in [0.25, 0.3) is 0 Å². The van der Waals surface area contributed by atoms with E-state index in [1.54, 1.807) is 13.8 Å². The molecule has 0 aliphatic heterocycles. The number of aromatic nitrogens is 2. The first-order valence-electron chi connectivity index (χ1n) is 6.30. The minimum atomic E-state index is -0.646. The molecule has 1 heterocycles. The normalized spacial score (nSPS) is 12.0. The van der Waals surface area contributed by atoms with Crippen molar-refractivity contribution in [3.63, 3.8) is 0 Å². The molecule has 6 heteroatoms. The minimum absolute atomic E-state index is 0.303. The average Bonchev–Trinajstić information content (AvgIpc) is 2.73. The van der Waals surface area contributed by atoms with E-state index in [0.29, 0.717) is 17.3 Å². The van der Waals surface area contributed by atoms with Gasteiger partial charge in [-0.15, -0.1) is 0 Å². The molecule has 0 fully saturated rings. The number of rotatable bonds is 4. The second-order valence-electron chi connectivity index (χ2n) is 4.77. The van der Waals surface area contributed by atoms with Gasteiger partial charge in [-0.2, -0.15) is 0 Å². The van der Waals surface area contributed by atoms with E-state index in [2.05, 4.69) is 20.3 Å². The Bertz CT molecular complexity index is 602. The Labute approximate surface area is 117 Å². The highest BCUT2D eigenvalue weighted by Crippen LogP contribution is 2.18. The van der Waals surface area contributed by atoms with Crippen LogP contribution in [0.3, 0.4) is 0 Å². The van der Waals surface area contributed by atoms with Crippen LogP contribution in [0.5, 0.6) is 5.75 Å². The van der Waals surface area contributed by atoms with Crippen molar-refractivity contribution in [2.45, 2.75) is 33.8 Å². The van der Waals surface area contributed by atoms with Crippen LogP contribution >= 0.6 is 0 Å². The van der Waals surface area contributed by atoms with Gasteiger partial charge in [0.05, 0.1) is 0 Å². The van der Waals surface area contributed by atoms with E-state index in [-0.39, 0.29) is 5.91 Å². The van der Waals surface area contributed by atoms with Gasteiger partial charge in [0.25, 0.3) is 5.91 Å². The van der Waals surface area contributed by atoms with Gasteiger partial charge in [0.1, 0.15) is 11.4 Å². The molecule has 0 unspecified atom stereocenters.